The lowest BCUT2D eigenvalue weighted by Crippen LogP contribution is -2.38. The molecule has 32 heavy (non-hydrogen) atoms. The van der Waals surface area contributed by atoms with Gasteiger partial charge in [0.25, 0.3) is 5.91 Å². The van der Waals surface area contributed by atoms with Gasteiger partial charge >= 0.3 is 0 Å². The Bertz CT molecular complexity index is 1220. The highest BCUT2D eigenvalue weighted by Gasteiger charge is 2.27. The van der Waals surface area contributed by atoms with Gasteiger partial charge in [0.2, 0.25) is 0 Å². The first-order valence-electron chi connectivity index (χ1n) is 11.2. The monoisotopic (exact) mass is 445 g/mol. The number of carbonyl (C=O) groups excluding carboxylic acids is 1. The number of likely N-dealkylation sites (tertiary alicyclic amines) is 1. The summed E-state index contributed by atoms with van der Waals surface area (Å²) < 4.78 is 7.23. The minimum atomic E-state index is 0.0759. The van der Waals surface area contributed by atoms with Gasteiger partial charge < -0.3 is 9.47 Å². The predicted octanol–water partition coefficient (Wildman–Crippen LogP) is 5.08. The van der Waals surface area contributed by atoms with Gasteiger partial charge in [-0.15, -0.1) is 5.10 Å². The molecule has 0 radical (unpaired) electrons. The Morgan fingerprint density at radius 1 is 1.12 bits per heavy atom. The third-order valence-electron chi connectivity index (χ3n) is 6.39. The van der Waals surface area contributed by atoms with E-state index < -0.39 is 0 Å². The fourth-order valence-corrected chi connectivity index (χ4v) is 5.00. The zero-order chi connectivity index (χ0) is 22.1. The Hall–Kier alpha value is -3.06. The average molecular weight is 446 g/mol. The van der Waals surface area contributed by atoms with Gasteiger partial charge in [0.05, 0.1) is 4.70 Å². The lowest BCUT2D eigenvalue weighted by molar-refractivity contribution is 0.0710. The highest BCUT2D eigenvalue weighted by atomic mass is 32.1. The van der Waals surface area contributed by atoms with Gasteiger partial charge in [-0.1, -0.05) is 42.6 Å². The first kappa shape index (κ1) is 20.8. The van der Waals surface area contributed by atoms with Crippen molar-refractivity contribution in [3.05, 3.63) is 77.4 Å². The number of rotatable bonds is 5. The van der Waals surface area contributed by atoms with Gasteiger partial charge in [0, 0.05) is 43.5 Å². The lowest BCUT2D eigenvalue weighted by Gasteiger charge is -2.32. The van der Waals surface area contributed by atoms with Crippen molar-refractivity contribution in [1.82, 2.24) is 24.0 Å². The molecule has 0 saturated carbocycles. The largest absolute Gasteiger partial charge is 0.339 e. The summed E-state index contributed by atoms with van der Waals surface area (Å²) in [4.78, 5) is 19.6. The fraction of sp³-hybridized carbons (Fsp3) is 0.360. The van der Waals surface area contributed by atoms with E-state index in [1.165, 1.54) is 22.7 Å². The maximum Gasteiger partial charge on any atom is 0.253 e. The van der Waals surface area contributed by atoms with Crippen molar-refractivity contribution in [1.29, 1.82) is 0 Å². The Labute approximate surface area is 192 Å². The van der Waals surface area contributed by atoms with Crippen LogP contribution in [0.2, 0.25) is 0 Å². The third kappa shape index (κ3) is 4.17. The summed E-state index contributed by atoms with van der Waals surface area (Å²) in [5.41, 5.74) is 4.13. The van der Waals surface area contributed by atoms with Gasteiger partial charge in [-0.2, -0.15) is 0 Å². The fourth-order valence-electron chi connectivity index (χ4n) is 4.46. The number of aromatic nitrogens is 4. The van der Waals surface area contributed by atoms with Crippen LogP contribution in [-0.4, -0.2) is 43.0 Å². The third-order valence-corrected chi connectivity index (χ3v) is 7.09. The number of imidazole rings is 1. The van der Waals surface area contributed by atoms with Gasteiger partial charge in [0.15, 0.2) is 0 Å². The van der Waals surface area contributed by atoms with Crippen molar-refractivity contribution in [2.24, 2.45) is 0 Å². The minimum absolute atomic E-state index is 0.0759. The SMILES string of the molecule is CC(C)c1ccc(Cn2ccnc2C2CCN(C(=O)c3ccc4snnc4c3)CC2)cc1. The second-order valence-corrected chi connectivity index (χ2v) is 9.62. The van der Waals surface area contributed by atoms with Crippen LogP contribution >= 0.6 is 11.5 Å². The van der Waals surface area contributed by atoms with E-state index in [-0.39, 0.29) is 5.91 Å². The molecule has 5 rings (SSSR count). The number of piperidine rings is 1. The number of nitrogens with zero attached hydrogens (tertiary/aromatic N) is 5. The van der Waals surface area contributed by atoms with Crippen molar-refractivity contribution < 1.29 is 4.79 Å². The number of fused-ring (bicyclic) bond motifs is 1. The number of amides is 1. The average Bonchev–Trinajstić information content (AvgIpc) is 3.48. The summed E-state index contributed by atoms with van der Waals surface area (Å²) in [7, 11) is 0. The molecule has 1 aliphatic rings. The van der Waals surface area contributed by atoms with E-state index in [1.807, 2.05) is 29.3 Å². The zero-order valence-electron chi connectivity index (χ0n) is 18.4. The molecule has 0 spiro atoms. The first-order valence-corrected chi connectivity index (χ1v) is 12.0. The van der Waals surface area contributed by atoms with Crippen LogP contribution in [0.3, 0.4) is 0 Å². The molecular formula is C25H27N5OS. The molecule has 1 fully saturated rings. The van der Waals surface area contributed by atoms with Crippen molar-refractivity contribution in [3.8, 4) is 0 Å². The van der Waals surface area contributed by atoms with Crippen LogP contribution in [0.4, 0.5) is 0 Å². The van der Waals surface area contributed by atoms with Crippen LogP contribution in [0, 0.1) is 0 Å². The molecule has 1 aliphatic heterocycles. The second-order valence-electron chi connectivity index (χ2n) is 8.83. The van der Waals surface area contributed by atoms with Crippen LogP contribution in [0.25, 0.3) is 10.2 Å². The van der Waals surface area contributed by atoms with Gasteiger partial charge in [0.1, 0.15) is 11.3 Å². The summed E-state index contributed by atoms with van der Waals surface area (Å²) in [6.45, 7) is 6.75. The molecule has 3 heterocycles. The molecule has 0 aliphatic carbocycles. The normalized spacial score (nSPS) is 15.0. The number of hydrogen-bond acceptors (Lipinski definition) is 5. The van der Waals surface area contributed by atoms with E-state index in [1.54, 1.807) is 0 Å². The Kier molecular flexibility index (Phi) is 5.74. The first-order chi connectivity index (χ1) is 15.6. The van der Waals surface area contributed by atoms with Crippen LogP contribution in [-0.2, 0) is 6.54 Å². The molecule has 2 aromatic heterocycles. The summed E-state index contributed by atoms with van der Waals surface area (Å²) in [5.74, 6) is 2.11. The molecule has 6 nitrogen and oxygen atoms in total. The molecule has 1 saturated heterocycles. The summed E-state index contributed by atoms with van der Waals surface area (Å²) >= 11 is 1.35. The maximum absolute atomic E-state index is 13.0. The number of benzene rings is 2. The zero-order valence-corrected chi connectivity index (χ0v) is 19.3. The highest BCUT2D eigenvalue weighted by molar-refractivity contribution is 7.12. The van der Waals surface area contributed by atoms with Crippen molar-refractivity contribution in [2.75, 3.05) is 13.1 Å². The van der Waals surface area contributed by atoms with Crippen LogP contribution in [0.5, 0.6) is 0 Å². The summed E-state index contributed by atoms with van der Waals surface area (Å²) in [6.07, 6.45) is 5.82. The van der Waals surface area contributed by atoms with Crippen molar-refractivity contribution in [2.45, 2.75) is 45.1 Å². The summed E-state index contributed by atoms with van der Waals surface area (Å²) in [6, 6.07) is 14.5. The van der Waals surface area contributed by atoms with Crippen LogP contribution in [0.15, 0.2) is 54.9 Å². The Balaban J connectivity index is 1.24. The van der Waals surface area contributed by atoms with E-state index in [9.17, 15) is 4.79 Å². The van der Waals surface area contributed by atoms with Gasteiger partial charge in [-0.05, 0) is 59.6 Å². The van der Waals surface area contributed by atoms with Crippen molar-refractivity contribution in [3.63, 3.8) is 0 Å². The molecular weight excluding hydrogens is 418 g/mol. The van der Waals surface area contributed by atoms with E-state index in [0.29, 0.717) is 17.4 Å². The quantitative estimate of drug-likeness (QED) is 0.430. The Morgan fingerprint density at radius 2 is 1.91 bits per heavy atom. The Morgan fingerprint density at radius 3 is 2.66 bits per heavy atom. The van der Waals surface area contributed by atoms with E-state index in [0.717, 1.165) is 48.5 Å². The van der Waals surface area contributed by atoms with E-state index >= 15 is 0 Å². The molecule has 0 unspecified atom stereocenters. The number of carbonyl (C=O) groups is 1. The molecule has 0 bridgehead atoms. The smallest absolute Gasteiger partial charge is 0.253 e. The highest BCUT2D eigenvalue weighted by Crippen LogP contribution is 2.29. The maximum atomic E-state index is 13.0. The number of hydrogen-bond donors (Lipinski definition) is 0. The molecule has 2 aromatic carbocycles. The van der Waals surface area contributed by atoms with Gasteiger partial charge in [-0.3, -0.25) is 4.79 Å². The topological polar surface area (TPSA) is 63.9 Å². The molecule has 7 heteroatoms. The lowest BCUT2D eigenvalue weighted by atomic mass is 9.95. The molecule has 0 N–H and O–H groups in total. The molecule has 1 amide bonds. The predicted molar refractivity (Wildman–Crippen MR) is 127 cm³/mol. The van der Waals surface area contributed by atoms with E-state index in [2.05, 4.69) is 63.4 Å². The minimum Gasteiger partial charge on any atom is -0.339 e. The molecule has 164 valence electrons. The molecule has 4 aromatic rings. The second kappa shape index (κ2) is 8.82. The summed E-state index contributed by atoms with van der Waals surface area (Å²) in [5, 5.41) is 4.10. The van der Waals surface area contributed by atoms with Gasteiger partial charge in [-0.25, -0.2) is 4.98 Å². The standard InChI is InChI=1S/C25H27N5OS/c1-17(2)19-5-3-18(4-6-19)16-30-14-11-26-24(30)20-9-12-29(13-10-20)25(31)21-7-8-23-22(15-21)27-28-32-23/h3-8,11,14-15,17,20H,9-10,12-13,16H2,1-2H3. The van der Waals surface area contributed by atoms with Crippen LogP contribution in [0.1, 0.15) is 65.8 Å². The van der Waals surface area contributed by atoms with Crippen molar-refractivity contribution >= 4 is 27.7 Å². The molecule has 0 atom stereocenters. The van der Waals surface area contributed by atoms with E-state index in [4.69, 9.17) is 0 Å². The van der Waals surface area contributed by atoms with Crippen LogP contribution < -0.4 is 0 Å².